The van der Waals surface area contributed by atoms with Gasteiger partial charge in [-0.1, -0.05) is 142 Å². The van der Waals surface area contributed by atoms with E-state index in [4.69, 9.17) is 9.47 Å². The smallest absolute Gasteiger partial charge is 0.309 e. The number of carbonyl (C=O) groups is 2. The summed E-state index contributed by atoms with van der Waals surface area (Å²) in [5.41, 5.74) is 0. The summed E-state index contributed by atoms with van der Waals surface area (Å²) in [7, 11) is 0. The summed E-state index contributed by atoms with van der Waals surface area (Å²) >= 11 is 0. The summed E-state index contributed by atoms with van der Waals surface area (Å²) in [6, 6.07) is 0. The van der Waals surface area contributed by atoms with Crippen molar-refractivity contribution < 1.29 is 19.1 Å². The van der Waals surface area contributed by atoms with E-state index < -0.39 is 0 Å². The summed E-state index contributed by atoms with van der Waals surface area (Å²) < 4.78 is 11.1. The topological polar surface area (TPSA) is 52.6 Å². The monoisotopic (exact) mass is 508 g/mol. The van der Waals surface area contributed by atoms with Crippen LogP contribution in [0.4, 0.5) is 0 Å². The predicted molar refractivity (Wildman–Crippen MR) is 151 cm³/mol. The van der Waals surface area contributed by atoms with Gasteiger partial charge >= 0.3 is 11.9 Å². The molecule has 1 aliphatic rings. The molecule has 212 valence electrons. The SMILES string of the molecule is CCCCCCCCCCCCCCCCCCOC(=O)C1CCCCC1C(=O)OCCCCCC. The van der Waals surface area contributed by atoms with Gasteiger partial charge in [0.25, 0.3) is 0 Å². The highest BCUT2D eigenvalue weighted by molar-refractivity contribution is 5.82. The van der Waals surface area contributed by atoms with Crippen molar-refractivity contribution >= 4 is 11.9 Å². The molecule has 0 heterocycles. The Morgan fingerprint density at radius 3 is 1.08 bits per heavy atom. The number of rotatable bonds is 24. The van der Waals surface area contributed by atoms with Crippen LogP contribution in [0.1, 0.15) is 168 Å². The molecule has 1 aliphatic carbocycles. The van der Waals surface area contributed by atoms with E-state index in [0.717, 1.165) is 51.4 Å². The van der Waals surface area contributed by atoms with Gasteiger partial charge in [0, 0.05) is 0 Å². The Labute approximate surface area is 224 Å². The molecule has 36 heavy (non-hydrogen) atoms. The lowest BCUT2D eigenvalue weighted by Crippen LogP contribution is -2.35. The number of esters is 2. The molecule has 2 unspecified atom stereocenters. The van der Waals surface area contributed by atoms with Crippen molar-refractivity contribution in [1.29, 1.82) is 0 Å². The van der Waals surface area contributed by atoms with Gasteiger partial charge in [-0.25, -0.2) is 0 Å². The predicted octanol–water partition coefficient (Wildman–Crippen LogP) is 9.72. The molecule has 0 aromatic carbocycles. The fourth-order valence-corrected chi connectivity index (χ4v) is 5.43. The number of ether oxygens (including phenoxy) is 2. The van der Waals surface area contributed by atoms with Crippen molar-refractivity contribution in [2.45, 2.75) is 168 Å². The first-order valence-corrected chi connectivity index (χ1v) is 16.0. The van der Waals surface area contributed by atoms with Gasteiger partial charge < -0.3 is 9.47 Å². The highest BCUT2D eigenvalue weighted by atomic mass is 16.5. The van der Waals surface area contributed by atoms with Gasteiger partial charge in [-0.05, 0) is 25.7 Å². The Kier molecular flexibility index (Phi) is 22.2. The van der Waals surface area contributed by atoms with Crippen LogP contribution in [0.5, 0.6) is 0 Å². The average molecular weight is 509 g/mol. The zero-order valence-corrected chi connectivity index (χ0v) is 24.2. The highest BCUT2D eigenvalue weighted by Crippen LogP contribution is 2.32. The Balaban J connectivity index is 1.98. The van der Waals surface area contributed by atoms with Crippen LogP contribution in [0, 0.1) is 11.8 Å². The molecular formula is C32H60O4. The van der Waals surface area contributed by atoms with Crippen LogP contribution in [0.2, 0.25) is 0 Å². The first kappa shape index (κ1) is 33.0. The zero-order valence-electron chi connectivity index (χ0n) is 24.2. The van der Waals surface area contributed by atoms with Crippen molar-refractivity contribution in [3.05, 3.63) is 0 Å². The molecule has 1 rings (SSSR count). The highest BCUT2D eigenvalue weighted by Gasteiger charge is 2.37. The second kappa shape index (κ2) is 24.3. The van der Waals surface area contributed by atoms with Gasteiger partial charge in [-0.3, -0.25) is 9.59 Å². The third kappa shape index (κ3) is 17.4. The molecule has 0 aromatic rings. The standard InChI is InChI=1S/C32H60O4/c1-3-5-7-9-10-11-12-13-14-15-16-17-18-19-20-24-28-36-32(34)30-26-22-21-25-29(30)31(33)35-27-23-8-6-4-2/h29-30H,3-28H2,1-2H3. The van der Waals surface area contributed by atoms with Gasteiger partial charge in [0.1, 0.15) is 0 Å². The minimum Gasteiger partial charge on any atom is -0.465 e. The minimum atomic E-state index is -0.303. The van der Waals surface area contributed by atoms with Crippen LogP contribution in [0.15, 0.2) is 0 Å². The molecule has 2 atom stereocenters. The molecule has 1 fully saturated rings. The normalized spacial score (nSPS) is 17.7. The van der Waals surface area contributed by atoms with Crippen molar-refractivity contribution in [1.82, 2.24) is 0 Å². The van der Waals surface area contributed by atoms with Crippen LogP contribution < -0.4 is 0 Å². The lowest BCUT2D eigenvalue weighted by atomic mass is 9.79. The van der Waals surface area contributed by atoms with E-state index in [-0.39, 0.29) is 23.8 Å². The molecule has 0 saturated heterocycles. The number of hydrogen-bond donors (Lipinski definition) is 0. The van der Waals surface area contributed by atoms with Crippen LogP contribution in [0.3, 0.4) is 0 Å². The molecule has 0 spiro atoms. The van der Waals surface area contributed by atoms with E-state index in [1.807, 2.05) is 0 Å². The molecule has 0 N–H and O–H groups in total. The summed E-state index contributed by atoms with van der Waals surface area (Å²) in [6.45, 7) is 5.43. The molecule has 1 saturated carbocycles. The lowest BCUT2D eigenvalue weighted by Gasteiger charge is -2.28. The van der Waals surface area contributed by atoms with Crippen molar-refractivity contribution in [2.24, 2.45) is 11.8 Å². The first-order chi connectivity index (χ1) is 17.7. The van der Waals surface area contributed by atoms with Gasteiger partial charge in [-0.2, -0.15) is 0 Å². The van der Waals surface area contributed by atoms with Gasteiger partial charge in [0.05, 0.1) is 25.0 Å². The molecule has 0 aromatic heterocycles. The van der Waals surface area contributed by atoms with E-state index in [1.54, 1.807) is 0 Å². The molecule has 0 bridgehead atoms. The van der Waals surface area contributed by atoms with E-state index >= 15 is 0 Å². The quantitative estimate of drug-likeness (QED) is 0.0961. The number of unbranched alkanes of at least 4 members (excludes halogenated alkanes) is 18. The molecule has 0 amide bonds. The summed E-state index contributed by atoms with van der Waals surface area (Å²) in [4.78, 5) is 25.2. The molecule has 0 radical (unpaired) electrons. The van der Waals surface area contributed by atoms with Crippen molar-refractivity contribution in [3.63, 3.8) is 0 Å². The number of hydrogen-bond acceptors (Lipinski definition) is 4. The Morgan fingerprint density at radius 1 is 0.472 bits per heavy atom. The van der Waals surface area contributed by atoms with E-state index in [9.17, 15) is 9.59 Å². The van der Waals surface area contributed by atoms with Crippen molar-refractivity contribution in [3.8, 4) is 0 Å². The fourth-order valence-electron chi connectivity index (χ4n) is 5.43. The Morgan fingerprint density at radius 2 is 0.750 bits per heavy atom. The largest absolute Gasteiger partial charge is 0.465 e. The summed E-state index contributed by atoms with van der Waals surface area (Å²) in [6.07, 6.45) is 29.2. The van der Waals surface area contributed by atoms with E-state index in [1.165, 1.54) is 103 Å². The second-order valence-electron chi connectivity index (χ2n) is 11.2. The lowest BCUT2D eigenvalue weighted by molar-refractivity contribution is -0.163. The number of carbonyl (C=O) groups excluding carboxylic acids is 2. The molecule has 4 nitrogen and oxygen atoms in total. The van der Waals surface area contributed by atoms with Crippen molar-refractivity contribution in [2.75, 3.05) is 13.2 Å². The first-order valence-electron chi connectivity index (χ1n) is 16.0. The molecular weight excluding hydrogens is 448 g/mol. The van der Waals surface area contributed by atoms with Crippen LogP contribution in [-0.2, 0) is 19.1 Å². The Hall–Kier alpha value is -1.06. The average Bonchev–Trinajstić information content (AvgIpc) is 2.90. The van der Waals surface area contributed by atoms with E-state index in [2.05, 4.69) is 13.8 Å². The maximum atomic E-state index is 12.7. The summed E-state index contributed by atoms with van der Waals surface area (Å²) in [5.74, 6) is -0.967. The molecule has 4 heteroatoms. The maximum Gasteiger partial charge on any atom is 0.309 e. The third-order valence-electron chi connectivity index (χ3n) is 7.86. The second-order valence-corrected chi connectivity index (χ2v) is 11.2. The van der Waals surface area contributed by atoms with Gasteiger partial charge in [0.2, 0.25) is 0 Å². The van der Waals surface area contributed by atoms with Crippen LogP contribution >= 0.6 is 0 Å². The van der Waals surface area contributed by atoms with Crippen LogP contribution in [-0.4, -0.2) is 25.2 Å². The summed E-state index contributed by atoms with van der Waals surface area (Å²) in [5, 5.41) is 0. The van der Waals surface area contributed by atoms with Gasteiger partial charge in [0.15, 0.2) is 0 Å². The maximum absolute atomic E-state index is 12.7. The van der Waals surface area contributed by atoms with Gasteiger partial charge in [-0.15, -0.1) is 0 Å². The minimum absolute atomic E-state index is 0.177. The van der Waals surface area contributed by atoms with E-state index in [0.29, 0.717) is 13.2 Å². The fraction of sp³-hybridized carbons (Fsp3) is 0.938. The molecule has 0 aliphatic heterocycles. The van der Waals surface area contributed by atoms with Crippen LogP contribution in [0.25, 0.3) is 0 Å². The third-order valence-corrected chi connectivity index (χ3v) is 7.86. The Bertz CT molecular complexity index is 518. The zero-order chi connectivity index (χ0) is 26.1.